The number of hydrogen-bond acceptors (Lipinski definition) is 1. The third-order valence-electron chi connectivity index (χ3n) is 4.39. The SMILES string of the molecule is C#[N+]c1c(C)cccc1C.Cc1ccc(C)[nH]1.Cc1ccn(C)c1.Cc1csc(C)c1. The second-order valence-electron chi connectivity index (χ2n) is 7.78. The summed E-state index contributed by atoms with van der Waals surface area (Å²) in [5.41, 5.74) is 8.33. The van der Waals surface area contributed by atoms with E-state index in [9.17, 15) is 0 Å². The number of hydrogen-bond donors (Lipinski definition) is 1. The molecule has 1 aromatic carbocycles. The highest BCUT2D eigenvalue weighted by molar-refractivity contribution is 7.10. The first-order valence-electron chi connectivity index (χ1n) is 10.3. The summed E-state index contributed by atoms with van der Waals surface area (Å²) in [6.07, 6.45) is 4.12. The number of aromatic amines is 1. The Morgan fingerprint density at radius 3 is 1.61 bits per heavy atom. The number of H-pyrrole nitrogens is 1. The quantitative estimate of drug-likeness (QED) is 0.288. The fourth-order valence-electron chi connectivity index (χ4n) is 2.87. The van der Waals surface area contributed by atoms with Crippen LogP contribution in [0.15, 0.2) is 60.2 Å². The fraction of sp³-hybridized carbons (Fsp3) is 0.296. The largest absolute Gasteiger partial charge is 0.363 e. The van der Waals surface area contributed by atoms with Gasteiger partial charge in [-0.15, -0.1) is 11.3 Å². The van der Waals surface area contributed by atoms with Gasteiger partial charge in [0.25, 0.3) is 6.57 Å². The van der Waals surface area contributed by atoms with Crippen LogP contribution in [0.3, 0.4) is 0 Å². The molecule has 0 aliphatic rings. The topological polar surface area (TPSA) is 25.1 Å². The van der Waals surface area contributed by atoms with Crippen molar-refractivity contribution < 1.29 is 0 Å². The number of aromatic nitrogens is 2. The average molecular weight is 435 g/mol. The van der Waals surface area contributed by atoms with E-state index in [1.807, 2.05) is 63.7 Å². The van der Waals surface area contributed by atoms with Crippen molar-refractivity contribution in [1.29, 1.82) is 0 Å². The molecule has 0 radical (unpaired) electrons. The van der Waals surface area contributed by atoms with E-state index in [0.29, 0.717) is 0 Å². The summed E-state index contributed by atoms with van der Waals surface area (Å²) in [7, 11) is 2.02. The number of nitrogens with one attached hydrogen (secondary N) is 1. The van der Waals surface area contributed by atoms with Gasteiger partial charge < -0.3 is 9.55 Å². The maximum Gasteiger partial charge on any atom is 0.345 e. The van der Waals surface area contributed by atoms with Crippen molar-refractivity contribution in [2.45, 2.75) is 48.5 Å². The Labute approximate surface area is 192 Å². The van der Waals surface area contributed by atoms with Crippen LogP contribution in [0, 0.1) is 55.0 Å². The normalized spacial score (nSPS) is 9.26. The van der Waals surface area contributed by atoms with Gasteiger partial charge in [0.1, 0.15) is 0 Å². The van der Waals surface area contributed by atoms with Gasteiger partial charge in [-0.3, -0.25) is 0 Å². The van der Waals surface area contributed by atoms with Crippen LogP contribution in [0.1, 0.15) is 38.5 Å². The van der Waals surface area contributed by atoms with Crippen LogP contribution in [0.5, 0.6) is 0 Å². The third kappa shape index (κ3) is 10.5. The minimum atomic E-state index is 0.905. The first-order chi connectivity index (χ1) is 14.6. The summed E-state index contributed by atoms with van der Waals surface area (Å²) in [6, 6.07) is 14.4. The van der Waals surface area contributed by atoms with Crippen LogP contribution in [0.2, 0.25) is 0 Å². The highest BCUT2D eigenvalue weighted by Gasteiger charge is 2.08. The number of benzene rings is 1. The molecule has 4 rings (SSSR count). The summed E-state index contributed by atoms with van der Waals surface area (Å²) < 4.78 is 2.04. The van der Waals surface area contributed by atoms with Crippen LogP contribution in [-0.2, 0) is 7.05 Å². The summed E-state index contributed by atoms with van der Waals surface area (Å²) in [5.74, 6) is 0. The lowest BCUT2D eigenvalue weighted by Crippen LogP contribution is -1.76. The minimum absolute atomic E-state index is 0.905. The Morgan fingerprint density at radius 2 is 1.42 bits per heavy atom. The monoisotopic (exact) mass is 434 g/mol. The molecular weight excluding hydrogens is 398 g/mol. The molecule has 1 N–H and O–H groups in total. The lowest BCUT2D eigenvalue weighted by Gasteiger charge is -1.90. The zero-order valence-corrected chi connectivity index (χ0v) is 21.0. The molecule has 0 spiro atoms. The van der Waals surface area contributed by atoms with Gasteiger partial charge in [0.05, 0.1) is 0 Å². The predicted octanol–water partition coefficient (Wildman–Crippen LogP) is 8.23. The van der Waals surface area contributed by atoms with Crippen molar-refractivity contribution in [3.8, 4) is 6.57 Å². The highest BCUT2D eigenvalue weighted by atomic mass is 32.1. The Hall–Kier alpha value is -3.03. The van der Waals surface area contributed by atoms with Crippen LogP contribution in [0.25, 0.3) is 4.85 Å². The molecule has 0 atom stereocenters. The molecular formula is C27H36N3S+. The van der Waals surface area contributed by atoms with Crippen molar-refractivity contribution in [3.63, 3.8) is 0 Å². The molecule has 4 aromatic rings. The molecule has 0 saturated heterocycles. The maximum absolute atomic E-state index is 5.18. The standard InChI is InChI=1S/C9H10N.2C6H9N.C6H8S/c1-7-5-4-6-8(2)9(7)10-3;1-6-3-4-7(2)5-6;1-5-3-4-6(2)7-5;1-5-3-6(2)7-4-5/h3-6H,1-2H3;3-5H,1-2H3;3-4,7H,1-2H3;3-4H,1-2H3/q+1;;;. The maximum atomic E-state index is 5.18. The summed E-state index contributed by atoms with van der Waals surface area (Å²) in [6.45, 7) is 19.6. The van der Waals surface area contributed by atoms with E-state index in [0.717, 1.165) is 16.8 Å². The molecule has 0 amide bonds. The van der Waals surface area contributed by atoms with Crippen molar-refractivity contribution >= 4 is 17.0 Å². The van der Waals surface area contributed by atoms with Gasteiger partial charge in [0.2, 0.25) is 0 Å². The van der Waals surface area contributed by atoms with E-state index < -0.39 is 0 Å². The smallest absolute Gasteiger partial charge is 0.345 e. The molecule has 31 heavy (non-hydrogen) atoms. The van der Waals surface area contributed by atoms with Gasteiger partial charge in [-0.2, -0.15) is 0 Å². The molecule has 0 unspecified atom stereocenters. The Balaban J connectivity index is 0.000000209. The second kappa shape index (κ2) is 13.3. The predicted molar refractivity (Wildman–Crippen MR) is 138 cm³/mol. The first-order valence-corrected chi connectivity index (χ1v) is 11.2. The molecule has 0 aliphatic heterocycles. The molecule has 3 nitrogen and oxygen atoms in total. The first kappa shape index (κ1) is 26.0. The van der Waals surface area contributed by atoms with Gasteiger partial charge in [0, 0.05) is 46.8 Å². The molecule has 3 heterocycles. The van der Waals surface area contributed by atoms with Crippen LogP contribution < -0.4 is 0 Å². The molecule has 0 aliphatic carbocycles. The number of para-hydroxylation sites is 1. The van der Waals surface area contributed by atoms with Crippen molar-refractivity contribution in [2.75, 3.05) is 0 Å². The van der Waals surface area contributed by atoms with Crippen LogP contribution in [-0.4, -0.2) is 9.55 Å². The van der Waals surface area contributed by atoms with Gasteiger partial charge in [-0.1, -0.05) is 18.2 Å². The Morgan fingerprint density at radius 1 is 0.839 bits per heavy atom. The lowest BCUT2D eigenvalue weighted by atomic mass is 10.1. The summed E-state index contributed by atoms with van der Waals surface area (Å²) in [4.78, 5) is 8.21. The highest BCUT2D eigenvalue weighted by Crippen LogP contribution is 2.22. The van der Waals surface area contributed by atoms with Gasteiger partial charge in [-0.25, -0.2) is 0 Å². The molecule has 0 bridgehead atoms. The zero-order valence-electron chi connectivity index (χ0n) is 20.2. The van der Waals surface area contributed by atoms with Crippen LogP contribution in [0.4, 0.5) is 5.69 Å². The average Bonchev–Trinajstić information content (AvgIpc) is 3.39. The van der Waals surface area contributed by atoms with Gasteiger partial charge in [-0.05, 0) is 94.1 Å². The van der Waals surface area contributed by atoms with E-state index in [1.165, 1.54) is 27.4 Å². The van der Waals surface area contributed by atoms with E-state index in [1.54, 1.807) is 11.3 Å². The molecule has 0 fully saturated rings. The van der Waals surface area contributed by atoms with E-state index in [4.69, 9.17) is 6.57 Å². The number of rotatable bonds is 0. The van der Waals surface area contributed by atoms with E-state index >= 15 is 0 Å². The molecule has 164 valence electrons. The van der Waals surface area contributed by atoms with Crippen molar-refractivity contribution in [1.82, 2.24) is 9.55 Å². The van der Waals surface area contributed by atoms with E-state index in [2.05, 4.69) is 66.4 Å². The van der Waals surface area contributed by atoms with Crippen molar-refractivity contribution in [2.24, 2.45) is 7.05 Å². The van der Waals surface area contributed by atoms with Gasteiger partial charge >= 0.3 is 5.69 Å². The fourth-order valence-corrected chi connectivity index (χ4v) is 3.56. The number of aryl methyl sites for hydroxylation is 8. The molecule has 3 aromatic heterocycles. The van der Waals surface area contributed by atoms with Crippen molar-refractivity contribution in [3.05, 3.63) is 104 Å². The van der Waals surface area contributed by atoms with Gasteiger partial charge in [0.15, 0.2) is 0 Å². The lowest BCUT2D eigenvalue weighted by molar-refractivity contribution is 0.925. The Kier molecular flexibility index (Phi) is 11.2. The zero-order chi connectivity index (χ0) is 23.4. The third-order valence-corrected chi connectivity index (χ3v) is 5.37. The number of thiophene rings is 1. The number of nitrogens with zero attached hydrogens (tertiary/aromatic N) is 2. The minimum Gasteiger partial charge on any atom is -0.363 e. The van der Waals surface area contributed by atoms with E-state index in [-0.39, 0.29) is 0 Å². The summed E-state index contributed by atoms with van der Waals surface area (Å²) in [5, 5.41) is 2.16. The Bertz CT molecular complexity index is 929. The second-order valence-corrected chi connectivity index (χ2v) is 8.90. The summed E-state index contributed by atoms with van der Waals surface area (Å²) >= 11 is 1.80. The molecule has 4 heteroatoms. The molecule has 0 saturated carbocycles. The van der Waals surface area contributed by atoms with Crippen LogP contribution >= 0.6 is 11.3 Å².